The van der Waals surface area contributed by atoms with Crippen LogP contribution in [0.5, 0.6) is 0 Å². The number of fused-ring (bicyclic) bond motifs is 1. The number of nitrogens with zero attached hydrogens (tertiary/aromatic N) is 2. The molecule has 0 bridgehead atoms. The Hall–Kier alpha value is -1.97. The van der Waals surface area contributed by atoms with Crippen LogP contribution in [0.15, 0.2) is 23.1 Å². The molecular weight excluding hydrogens is 358 g/mol. The van der Waals surface area contributed by atoms with Crippen molar-refractivity contribution in [3.63, 3.8) is 0 Å². The van der Waals surface area contributed by atoms with Gasteiger partial charge < -0.3 is 15.3 Å². The van der Waals surface area contributed by atoms with Gasteiger partial charge in [0.25, 0.3) is 0 Å². The summed E-state index contributed by atoms with van der Waals surface area (Å²) >= 11 is 0. The molecule has 0 spiro atoms. The second kappa shape index (κ2) is 6.64. The maximum atomic E-state index is 13.0. The van der Waals surface area contributed by atoms with Crippen molar-refractivity contribution >= 4 is 21.8 Å². The van der Waals surface area contributed by atoms with Gasteiger partial charge in [0.1, 0.15) is 12.1 Å². The fraction of sp³-hybridized carbons (Fsp3) is 0.529. The lowest BCUT2D eigenvalue weighted by atomic mass is 10.0. The Balaban J connectivity index is 1.87. The van der Waals surface area contributed by atoms with Crippen molar-refractivity contribution < 1.29 is 23.1 Å². The third-order valence-electron chi connectivity index (χ3n) is 4.94. The number of hydrogen-bond donors (Lipinski definition) is 2. The molecule has 9 heteroatoms. The molecule has 1 aromatic carbocycles. The number of piperazine rings is 2. The van der Waals surface area contributed by atoms with E-state index in [4.69, 9.17) is 0 Å². The lowest BCUT2D eigenvalue weighted by Gasteiger charge is -2.45. The number of aliphatic hydroxyl groups is 1. The zero-order valence-electron chi connectivity index (χ0n) is 15.0. The Morgan fingerprint density at radius 3 is 2.58 bits per heavy atom. The first kappa shape index (κ1) is 18.8. The third kappa shape index (κ3) is 3.10. The molecule has 2 saturated heterocycles. The molecule has 2 amide bonds. The number of nitrogens with one attached hydrogen (secondary N) is 1. The normalized spacial score (nSPS) is 25.6. The van der Waals surface area contributed by atoms with Crippen LogP contribution < -0.4 is 5.32 Å². The molecule has 0 unspecified atom stereocenters. The summed E-state index contributed by atoms with van der Waals surface area (Å²) in [6.45, 7) is 5.11. The predicted octanol–water partition coefficient (Wildman–Crippen LogP) is -0.616. The van der Waals surface area contributed by atoms with Crippen LogP contribution >= 0.6 is 0 Å². The number of sulfonamides is 1. The number of rotatable bonds is 3. The first-order valence-corrected chi connectivity index (χ1v) is 9.93. The largest absolute Gasteiger partial charge is 0.391 e. The number of hydrogen-bond acceptors (Lipinski definition) is 5. The topological polar surface area (TPSA) is 107 Å². The van der Waals surface area contributed by atoms with Crippen LogP contribution in [0.1, 0.15) is 18.1 Å². The molecule has 2 aliphatic rings. The van der Waals surface area contributed by atoms with Crippen LogP contribution in [0.25, 0.3) is 0 Å². The number of aliphatic hydroxyl groups excluding tert-OH is 1. The van der Waals surface area contributed by atoms with Gasteiger partial charge in [-0.3, -0.25) is 9.59 Å². The van der Waals surface area contributed by atoms with Crippen molar-refractivity contribution in [1.29, 1.82) is 0 Å². The first-order valence-electron chi connectivity index (χ1n) is 8.49. The van der Waals surface area contributed by atoms with E-state index in [0.29, 0.717) is 5.56 Å². The van der Waals surface area contributed by atoms with Crippen LogP contribution in [-0.2, 0) is 19.6 Å². The van der Waals surface area contributed by atoms with Gasteiger partial charge in [-0.15, -0.1) is 0 Å². The maximum Gasteiger partial charge on any atom is 0.248 e. The maximum absolute atomic E-state index is 13.0. The minimum Gasteiger partial charge on any atom is -0.391 e. The fourth-order valence-electron chi connectivity index (χ4n) is 3.41. The molecule has 2 aliphatic heterocycles. The van der Waals surface area contributed by atoms with E-state index < -0.39 is 34.1 Å². The minimum absolute atomic E-state index is 0.0974. The summed E-state index contributed by atoms with van der Waals surface area (Å²) in [5.74, 6) is -0.829. The van der Waals surface area contributed by atoms with Crippen molar-refractivity contribution in [1.82, 2.24) is 14.5 Å². The highest BCUT2D eigenvalue weighted by Gasteiger charge is 2.47. The summed E-state index contributed by atoms with van der Waals surface area (Å²) in [4.78, 5) is 26.4. The number of benzene rings is 1. The predicted molar refractivity (Wildman–Crippen MR) is 93.8 cm³/mol. The van der Waals surface area contributed by atoms with Crippen LogP contribution in [0, 0.1) is 13.8 Å². The lowest BCUT2D eigenvalue weighted by molar-refractivity contribution is -0.154. The van der Waals surface area contributed by atoms with Crippen molar-refractivity contribution in [2.45, 2.75) is 43.9 Å². The molecule has 1 aromatic rings. The van der Waals surface area contributed by atoms with Gasteiger partial charge in [0.15, 0.2) is 0 Å². The number of carbonyl (C=O) groups excluding carboxylic acids is 2. The Bertz CT molecular complexity index is 852. The second-order valence-electron chi connectivity index (χ2n) is 6.91. The summed E-state index contributed by atoms with van der Waals surface area (Å²) in [6.07, 6.45) is -1.01. The third-order valence-corrected chi connectivity index (χ3v) is 6.94. The molecule has 8 nitrogen and oxygen atoms in total. The highest BCUT2D eigenvalue weighted by Crippen LogP contribution is 2.25. The Morgan fingerprint density at radius 2 is 1.92 bits per heavy atom. The standard InChI is InChI=1S/C17H23N3O5S/c1-10-4-5-11(2)14(8-10)26(24,25)19-6-7-20-13(9-19)16(22)18-15(12(3)21)17(20)23/h4-5,8,12-13,15,21H,6-7,9H2,1-3H3,(H,18,22)/t12-,13-,15+/m1/s1. The van der Waals surface area contributed by atoms with E-state index in [1.54, 1.807) is 19.1 Å². The molecule has 3 atom stereocenters. The van der Waals surface area contributed by atoms with Crippen molar-refractivity contribution in [3.8, 4) is 0 Å². The molecule has 0 radical (unpaired) electrons. The van der Waals surface area contributed by atoms with Gasteiger partial charge in [-0.25, -0.2) is 8.42 Å². The van der Waals surface area contributed by atoms with Gasteiger partial charge in [0, 0.05) is 19.6 Å². The summed E-state index contributed by atoms with van der Waals surface area (Å²) in [6, 6.07) is 3.34. The average molecular weight is 381 g/mol. The van der Waals surface area contributed by atoms with Gasteiger partial charge in [-0.1, -0.05) is 12.1 Å². The molecule has 2 fully saturated rings. The van der Waals surface area contributed by atoms with E-state index in [0.717, 1.165) is 5.56 Å². The van der Waals surface area contributed by atoms with Gasteiger partial charge in [0.05, 0.1) is 11.0 Å². The molecule has 2 N–H and O–H groups in total. The van der Waals surface area contributed by atoms with Gasteiger partial charge >= 0.3 is 0 Å². The van der Waals surface area contributed by atoms with Crippen molar-refractivity contribution in [2.24, 2.45) is 0 Å². The van der Waals surface area contributed by atoms with Crippen molar-refractivity contribution in [2.75, 3.05) is 19.6 Å². The van der Waals surface area contributed by atoms with E-state index in [-0.39, 0.29) is 30.4 Å². The van der Waals surface area contributed by atoms with E-state index in [9.17, 15) is 23.1 Å². The van der Waals surface area contributed by atoms with Crippen LogP contribution in [0.3, 0.4) is 0 Å². The summed E-state index contributed by atoms with van der Waals surface area (Å²) < 4.78 is 27.3. The van der Waals surface area contributed by atoms with Crippen LogP contribution in [0.2, 0.25) is 0 Å². The van der Waals surface area contributed by atoms with Crippen molar-refractivity contribution in [3.05, 3.63) is 29.3 Å². The Morgan fingerprint density at radius 1 is 1.23 bits per heavy atom. The van der Waals surface area contributed by atoms with E-state index >= 15 is 0 Å². The highest BCUT2D eigenvalue weighted by molar-refractivity contribution is 7.89. The first-order chi connectivity index (χ1) is 12.1. The molecule has 0 aromatic heterocycles. The average Bonchev–Trinajstić information content (AvgIpc) is 2.59. The molecule has 142 valence electrons. The van der Waals surface area contributed by atoms with E-state index in [2.05, 4.69) is 5.32 Å². The highest BCUT2D eigenvalue weighted by atomic mass is 32.2. The summed E-state index contributed by atoms with van der Waals surface area (Å²) in [5.41, 5.74) is 1.47. The quantitative estimate of drug-likeness (QED) is 0.726. The number of carbonyl (C=O) groups is 2. The van der Waals surface area contributed by atoms with Gasteiger partial charge in [-0.05, 0) is 38.0 Å². The minimum atomic E-state index is -3.77. The molecule has 2 heterocycles. The monoisotopic (exact) mass is 381 g/mol. The second-order valence-corrected chi connectivity index (χ2v) is 8.81. The molecule has 0 aliphatic carbocycles. The number of aryl methyl sites for hydroxylation is 2. The van der Waals surface area contributed by atoms with Crippen LogP contribution in [0.4, 0.5) is 0 Å². The summed E-state index contributed by atoms with van der Waals surface area (Å²) in [5, 5.41) is 12.2. The fourth-order valence-corrected chi connectivity index (χ4v) is 5.15. The van der Waals surface area contributed by atoms with Crippen LogP contribution in [-0.4, -0.2) is 72.4 Å². The smallest absolute Gasteiger partial charge is 0.248 e. The van der Waals surface area contributed by atoms with E-state index in [1.807, 2.05) is 13.0 Å². The zero-order chi connectivity index (χ0) is 19.2. The van der Waals surface area contributed by atoms with Gasteiger partial charge in [0.2, 0.25) is 21.8 Å². The van der Waals surface area contributed by atoms with E-state index in [1.165, 1.54) is 16.1 Å². The SMILES string of the molecule is Cc1ccc(C)c(S(=O)(=O)N2CCN3C(=O)[C@H]([C@@H](C)O)NC(=O)[C@H]3C2)c1. The van der Waals surface area contributed by atoms with Gasteiger partial charge in [-0.2, -0.15) is 4.31 Å². The Kier molecular flexibility index (Phi) is 4.80. The Labute approximate surface area is 152 Å². The number of amides is 2. The zero-order valence-corrected chi connectivity index (χ0v) is 15.8. The molecular formula is C17H23N3O5S. The lowest BCUT2D eigenvalue weighted by Crippen LogP contribution is -2.71. The summed E-state index contributed by atoms with van der Waals surface area (Å²) in [7, 11) is -3.77. The molecule has 26 heavy (non-hydrogen) atoms. The molecule has 3 rings (SSSR count). The molecule has 0 saturated carbocycles.